The van der Waals surface area contributed by atoms with E-state index in [1.807, 2.05) is 60.7 Å². The number of aromatic nitrogens is 1. The number of anilines is 2. The molecular weight excluding hydrogens is 623 g/mol. The number of rotatable bonds is 6. The molecule has 0 saturated carbocycles. The molecule has 5 nitrogen and oxygen atoms in total. The standard InChI is InChI=1S/C46H35N5/c1-32(38-15-7-9-17-42(38)50-25-11-3-4-12-33(2)40-26-35(29-47)20-23-43(40)50)13-5-6-14-34-19-22-37(31-49)46(28-34)51-44-18-10-8-16-39(44)41-27-36(30-48)21-24-45(41)51/h3,5-11,13,15-24,26-28H,2,4,12,14,25H2,1H3/b6-5-,11-3-,32-13+. The van der Waals surface area contributed by atoms with Crippen LogP contribution in [0, 0.1) is 34.0 Å². The van der Waals surface area contributed by atoms with Crippen molar-refractivity contribution in [2.45, 2.75) is 26.2 Å². The summed E-state index contributed by atoms with van der Waals surface area (Å²) < 4.78 is 2.13. The van der Waals surface area contributed by atoms with Crippen molar-refractivity contribution in [3.63, 3.8) is 0 Å². The van der Waals surface area contributed by atoms with Crippen LogP contribution in [0.5, 0.6) is 0 Å². The van der Waals surface area contributed by atoms with Crippen LogP contribution in [-0.2, 0) is 6.42 Å². The molecule has 244 valence electrons. The van der Waals surface area contributed by atoms with E-state index < -0.39 is 0 Å². The predicted molar refractivity (Wildman–Crippen MR) is 209 cm³/mol. The zero-order valence-electron chi connectivity index (χ0n) is 28.5. The average Bonchev–Trinajstić information content (AvgIpc) is 3.53. The van der Waals surface area contributed by atoms with Crippen molar-refractivity contribution in [1.29, 1.82) is 15.8 Å². The Morgan fingerprint density at radius 1 is 0.745 bits per heavy atom. The van der Waals surface area contributed by atoms with Gasteiger partial charge in [-0.05, 0) is 104 Å². The predicted octanol–water partition coefficient (Wildman–Crippen LogP) is 11.1. The summed E-state index contributed by atoms with van der Waals surface area (Å²) in [5.74, 6) is 0. The Morgan fingerprint density at radius 3 is 2.35 bits per heavy atom. The van der Waals surface area contributed by atoms with Gasteiger partial charge in [-0.3, -0.25) is 0 Å². The van der Waals surface area contributed by atoms with Crippen LogP contribution in [0.4, 0.5) is 11.4 Å². The smallest absolute Gasteiger partial charge is 0.101 e. The Kier molecular flexibility index (Phi) is 9.17. The zero-order chi connectivity index (χ0) is 35.3. The Balaban J connectivity index is 1.20. The molecule has 0 atom stereocenters. The van der Waals surface area contributed by atoms with Gasteiger partial charge in [-0.25, -0.2) is 0 Å². The highest BCUT2D eigenvalue weighted by molar-refractivity contribution is 6.09. The summed E-state index contributed by atoms with van der Waals surface area (Å²) >= 11 is 0. The average molecular weight is 658 g/mol. The Labute approximate surface area is 298 Å². The third-order valence-electron chi connectivity index (χ3n) is 9.55. The minimum atomic E-state index is 0.589. The molecule has 0 unspecified atom stereocenters. The van der Waals surface area contributed by atoms with Crippen molar-refractivity contribution in [3.05, 3.63) is 173 Å². The van der Waals surface area contributed by atoms with Gasteiger partial charge in [0.2, 0.25) is 0 Å². The van der Waals surface area contributed by atoms with E-state index in [1.54, 1.807) is 0 Å². The Hall–Kier alpha value is -6.87. The van der Waals surface area contributed by atoms with Crippen LogP contribution in [0.25, 0.3) is 38.6 Å². The molecule has 2 heterocycles. The third-order valence-corrected chi connectivity index (χ3v) is 9.55. The lowest BCUT2D eigenvalue weighted by molar-refractivity contribution is 1.06. The molecule has 0 N–H and O–H groups in total. The number of hydrogen-bond acceptors (Lipinski definition) is 4. The summed E-state index contributed by atoms with van der Waals surface area (Å²) in [5, 5.41) is 31.3. The molecule has 7 rings (SSSR count). The summed E-state index contributed by atoms with van der Waals surface area (Å²) in [4.78, 5) is 2.31. The molecule has 5 heteroatoms. The first kappa shape index (κ1) is 32.7. The fourth-order valence-corrected chi connectivity index (χ4v) is 6.98. The van der Waals surface area contributed by atoms with Gasteiger partial charge in [-0.15, -0.1) is 0 Å². The van der Waals surface area contributed by atoms with Crippen molar-refractivity contribution in [2.24, 2.45) is 0 Å². The lowest BCUT2D eigenvalue weighted by atomic mass is 9.97. The van der Waals surface area contributed by atoms with Crippen LogP contribution >= 0.6 is 0 Å². The molecule has 0 fully saturated rings. The second-order valence-electron chi connectivity index (χ2n) is 12.7. The van der Waals surface area contributed by atoms with Gasteiger partial charge in [0, 0.05) is 39.8 Å². The largest absolute Gasteiger partial charge is 0.337 e. The molecule has 0 spiro atoms. The lowest BCUT2D eigenvalue weighted by Crippen LogP contribution is -2.19. The topological polar surface area (TPSA) is 79.5 Å². The quantitative estimate of drug-likeness (QED) is 0.132. The van der Waals surface area contributed by atoms with E-state index in [-0.39, 0.29) is 0 Å². The van der Waals surface area contributed by atoms with E-state index in [2.05, 4.69) is 114 Å². The molecule has 6 aromatic rings. The summed E-state index contributed by atoms with van der Waals surface area (Å²) in [7, 11) is 0. The van der Waals surface area contributed by atoms with Gasteiger partial charge in [0.25, 0.3) is 0 Å². The van der Waals surface area contributed by atoms with E-state index in [0.717, 1.165) is 79.5 Å². The Bertz CT molecular complexity index is 2560. The van der Waals surface area contributed by atoms with E-state index in [4.69, 9.17) is 0 Å². The van der Waals surface area contributed by atoms with Crippen LogP contribution in [-0.4, -0.2) is 11.1 Å². The first-order valence-electron chi connectivity index (χ1n) is 17.0. The number of allylic oxidation sites excluding steroid dienone is 6. The zero-order valence-corrected chi connectivity index (χ0v) is 28.5. The monoisotopic (exact) mass is 657 g/mol. The van der Waals surface area contributed by atoms with Gasteiger partial charge < -0.3 is 9.47 Å². The Morgan fingerprint density at radius 2 is 1.51 bits per heavy atom. The maximum absolute atomic E-state index is 10.1. The molecule has 1 aromatic heterocycles. The van der Waals surface area contributed by atoms with Crippen molar-refractivity contribution >= 4 is 44.3 Å². The summed E-state index contributed by atoms with van der Waals surface area (Å²) in [6, 6.07) is 41.1. The maximum Gasteiger partial charge on any atom is 0.101 e. The summed E-state index contributed by atoms with van der Waals surface area (Å²) in [6.07, 6.45) is 13.3. The molecule has 1 aliphatic rings. The van der Waals surface area contributed by atoms with Crippen molar-refractivity contribution in [2.75, 3.05) is 11.4 Å². The number of nitrogens with zero attached hydrogens (tertiary/aromatic N) is 5. The lowest BCUT2D eigenvalue weighted by Gasteiger charge is -2.29. The normalized spacial score (nSPS) is 14.0. The summed E-state index contributed by atoms with van der Waals surface area (Å²) in [6.45, 7) is 7.22. The van der Waals surface area contributed by atoms with Crippen molar-refractivity contribution in [3.8, 4) is 23.9 Å². The molecule has 5 aromatic carbocycles. The molecule has 0 aliphatic carbocycles. The number of para-hydroxylation sites is 2. The minimum absolute atomic E-state index is 0.589. The third kappa shape index (κ3) is 6.36. The van der Waals surface area contributed by atoms with Gasteiger partial charge >= 0.3 is 0 Å². The molecule has 0 saturated heterocycles. The number of nitriles is 3. The second-order valence-corrected chi connectivity index (χ2v) is 12.7. The maximum atomic E-state index is 10.1. The number of fused-ring (bicyclic) bond motifs is 4. The summed E-state index contributed by atoms with van der Waals surface area (Å²) in [5.41, 5.74) is 12.1. The first-order valence-corrected chi connectivity index (χ1v) is 17.0. The van der Waals surface area contributed by atoms with Crippen LogP contribution in [0.1, 0.15) is 53.1 Å². The van der Waals surface area contributed by atoms with E-state index >= 15 is 0 Å². The second kappa shape index (κ2) is 14.3. The first-order chi connectivity index (χ1) is 25.0. The van der Waals surface area contributed by atoms with Crippen LogP contribution in [0.2, 0.25) is 0 Å². The highest BCUT2D eigenvalue weighted by atomic mass is 15.1. The molecule has 0 radical (unpaired) electrons. The molecule has 51 heavy (non-hydrogen) atoms. The van der Waals surface area contributed by atoms with Crippen molar-refractivity contribution in [1.82, 2.24) is 4.57 Å². The highest BCUT2D eigenvalue weighted by Crippen LogP contribution is 2.39. The van der Waals surface area contributed by atoms with E-state index in [1.165, 1.54) is 0 Å². The number of hydrogen-bond donors (Lipinski definition) is 0. The van der Waals surface area contributed by atoms with Gasteiger partial charge in [0.15, 0.2) is 0 Å². The SMILES string of the molecule is C=C1CC/C=C\CN(c2ccccc2/C(C)=C/C=C\Cc2ccc(C#N)c(-n3c4ccccc4c4cc(C#N)ccc43)c2)c2ccc(C#N)cc21. The van der Waals surface area contributed by atoms with E-state index in [0.29, 0.717) is 29.7 Å². The highest BCUT2D eigenvalue weighted by Gasteiger charge is 2.19. The van der Waals surface area contributed by atoms with Crippen LogP contribution in [0.3, 0.4) is 0 Å². The molecule has 1 aliphatic heterocycles. The fourth-order valence-electron chi connectivity index (χ4n) is 6.98. The van der Waals surface area contributed by atoms with Gasteiger partial charge in [0.1, 0.15) is 6.07 Å². The number of benzene rings is 5. The van der Waals surface area contributed by atoms with Crippen molar-refractivity contribution < 1.29 is 0 Å². The van der Waals surface area contributed by atoms with Crippen LogP contribution < -0.4 is 4.90 Å². The molecule has 0 amide bonds. The fraction of sp³-hybridized carbons (Fsp3) is 0.109. The van der Waals surface area contributed by atoms with Gasteiger partial charge in [-0.1, -0.05) is 79.4 Å². The van der Waals surface area contributed by atoms with Gasteiger partial charge in [-0.2, -0.15) is 15.8 Å². The van der Waals surface area contributed by atoms with Gasteiger partial charge in [0.05, 0.1) is 45.5 Å². The molecular formula is C46H35N5. The van der Waals surface area contributed by atoms with Crippen LogP contribution in [0.15, 0.2) is 140 Å². The van der Waals surface area contributed by atoms with E-state index in [9.17, 15) is 15.8 Å². The molecule has 0 bridgehead atoms. The minimum Gasteiger partial charge on any atom is -0.337 e.